The summed E-state index contributed by atoms with van der Waals surface area (Å²) in [6.45, 7) is 4.21. The van der Waals surface area contributed by atoms with Crippen molar-refractivity contribution in [1.29, 1.82) is 0 Å². The molecule has 0 aliphatic heterocycles. The molecule has 1 aliphatic rings. The molecule has 6 nitrogen and oxygen atoms in total. The first-order chi connectivity index (χ1) is 14.2. The fraction of sp³-hybridized carbons (Fsp3) is 0.217. The van der Waals surface area contributed by atoms with Gasteiger partial charge in [0.25, 0.3) is 0 Å². The predicted molar refractivity (Wildman–Crippen MR) is 114 cm³/mol. The summed E-state index contributed by atoms with van der Waals surface area (Å²) in [7, 11) is 0. The highest BCUT2D eigenvalue weighted by molar-refractivity contribution is 5.82. The number of aryl methyl sites for hydroxylation is 3. The van der Waals surface area contributed by atoms with Crippen molar-refractivity contribution in [2.24, 2.45) is 5.18 Å². The SMILES string of the molecule is Cc1cccc(C)c1-c1nc2cnccn2c1Nc1ccc2c(c1)CCC2N=O. The second-order valence-corrected chi connectivity index (χ2v) is 7.58. The monoisotopic (exact) mass is 383 g/mol. The Morgan fingerprint density at radius 1 is 1.17 bits per heavy atom. The molecule has 1 atom stereocenters. The molecule has 4 aromatic rings. The van der Waals surface area contributed by atoms with Crippen LogP contribution < -0.4 is 5.32 Å². The van der Waals surface area contributed by atoms with Crippen LogP contribution in [0.25, 0.3) is 16.9 Å². The van der Waals surface area contributed by atoms with Gasteiger partial charge in [-0.2, -0.15) is 4.91 Å². The third kappa shape index (κ3) is 2.88. The van der Waals surface area contributed by atoms with Gasteiger partial charge in [0.2, 0.25) is 0 Å². The molecule has 0 saturated carbocycles. The van der Waals surface area contributed by atoms with Crippen molar-refractivity contribution in [3.63, 3.8) is 0 Å². The average Bonchev–Trinajstić information content (AvgIpc) is 3.29. The lowest BCUT2D eigenvalue weighted by molar-refractivity contribution is 0.710. The lowest BCUT2D eigenvalue weighted by atomic mass is 10.00. The molecule has 0 spiro atoms. The lowest BCUT2D eigenvalue weighted by Crippen LogP contribution is -1.99. The van der Waals surface area contributed by atoms with E-state index in [1.165, 1.54) is 16.7 Å². The van der Waals surface area contributed by atoms with Crippen molar-refractivity contribution in [3.8, 4) is 11.3 Å². The van der Waals surface area contributed by atoms with Crippen LogP contribution in [0.4, 0.5) is 11.5 Å². The Kier molecular flexibility index (Phi) is 4.12. The number of rotatable bonds is 4. The summed E-state index contributed by atoms with van der Waals surface area (Å²) >= 11 is 0. The molecule has 0 amide bonds. The normalized spacial score (nSPS) is 15.4. The van der Waals surface area contributed by atoms with Gasteiger partial charge in [-0.05, 0) is 61.1 Å². The van der Waals surface area contributed by atoms with E-state index in [0.717, 1.165) is 46.8 Å². The molecule has 0 bridgehead atoms. The van der Waals surface area contributed by atoms with Crippen molar-refractivity contribution in [2.75, 3.05) is 5.32 Å². The van der Waals surface area contributed by atoms with E-state index < -0.39 is 0 Å². The van der Waals surface area contributed by atoms with Gasteiger partial charge < -0.3 is 5.32 Å². The number of nitrogens with zero attached hydrogens (tertiary/aromatic N) is 4. The zero-order chi connectivity index (χ0) is 20.0. The van der Waals surface area contributed by atoms with Crippen LogP contribution in [0.1, 0.15) is 34.7 Å². The molecule has 2 aromatic heterocycles. The van der Waals surface area contributed by atoms with Gasteiger partial charge in [0, 0.05) is 23.6 Å². The maximum Gasteiger partial charge on any atom is 0.157 e. The topological polar surface area (TPSA) is 71.7 Å². The van der Waals surface area contributed by atoms with Crippen LogP contribution in [0.3, 0.4) is 0 Å². The summed E-state index contributed by atoms with van der Waals surface area (Å²) in [5, 5.41) is 6.83. The van der Waals surface area contributed by atoms with Crippen LogP contribution in [0.15, 0.2) is 60.2 Å². The first-order valence-electron chi connectivity index (χ1n) is 9.76. The smallest absolute Gasteiger partial charge is 0.157 e. The molecule has 0 radical (unpaired) electrons. The molecular formula is C23H21N5O. The predicted octanol–water partition coefficient (Wildman–Crippen LogP) is 5.51. The molecule has 2 aromatic carbocycles. The van der Waals surface area contributed by atoms with Gasteiger partial charge in [0.1, 0.15) is 17.6 Å². The first kappa shape index (κ1) is 17.6. The van der Waals surface area contributed by atoms with E-state index in [0.29, 0.717) is 0 Å². The summed E-state index contributed by atoms with van der Waals surface area (Å²) in [5.41, 5.74) is 8.38. The maximum absolute atomic E-state index is 11.0. The van der Waals surface area contributed by atoms with E-state index in [2.05, 4.69) is 53.6 Å². The molecule has 5 rings (SSSR count). The molecule has 0 saturated heterocycles. The summed E-state index contributed by atoms with van der Waals surface area (Å²) in [6.07, 6.45) is 7.11. The molecular weight excluding hydrogens is 362 g/mol. The van der Waals surface area contributed by atoms with E-state index in [9.17, 15) is 4.91 Å². The minimum absolute atomic E-state index is 0.217. The Morgan fingerprint density at radius 3 is 2.79 bits per heavy atom. The van der Waals surface area contributed by atoms with Gasteiger partial charge in [-0.15, -0.1) is 0 Å². The highest BCUT2D eigenvalue weighted by Gasteiger charge is 2.24. The van der Waals surface area contributed by atoms with Gasteiger partial charge in [-0.1, -0.05) is 29.4 Å². The highest BCUT2D eigenvalue weighted by atomic mass is 16.3. The Hall–Kier alpha value is -3.54. The van der Waals surface area contributed by atoms with Crippen LogP contribution in [-0.4, -0.2) is 14.4 Å². The number of hydrogen-bond acceptors (Lipinski definition) is 5. The number of imidazole rings is 1. The lowest BCUT2D eigenvalue weighted by Gasteiger charge is -2.13. The van der Waals surface area contributed by atoms with E-state index in [4.69, 9.17) is 4.98 Å². The average molecular weight is 383 g/mol. The Balaban J connectivity index is 1.65. The summed E-state index contributed by atoms with van der Waals surface area (Å²) in [6, 6.07) is 12.2. The first-order valence-corrected chi connectivity index (χ1v) is 9.76. The zero-order valence-corrected chi connectivity index (χ0v) is 16.4. The van der Waals surface area contributed by atoms with Gasteiger partial charge >= 0.3 is 0 Å². The van der Waals surface area contributed by atoms with Crippen LogP contribution in [0.2, 0.25) is 0 Å². The van der Waals surface area contributed by atoms with Crippen LogP contribution in [0, 0.1) is 18.8 Å². The Bertz CT molecular complexity index is 1220. The number of hydrogen-bond donors (Lipinski definition) is 1. The van der Waals surface area contributed by atoms with Crippen LogP contribution in [0.5, 0.6) is 0 Å². The number of fused-ring (bicyclic) bond motifs is 2. The summed E-state index contributed by atoms with van der Waals surface area (Å²) < 4.78 is 2.03. The number of benzene rings is 2. The maximum atomic E-state index is 11.0. The molecule has 29 heavy (non-hydrogen) atoms. The van der Waals surface area contributed by atoms with Gasteiger partial charge in [-0.25, -0.2) is 4.98 Å². The summed E-state index contributed by atoms with van der Waals surface area (Å²) in [5.74, 6) is 0.905. The van der Waals surface area contributed by atoms with Gasteiger partial charge in [0.15, 0.2) is 5.65 Å². The van der Waals surface area contributed by atoms with Gasteiger partial charge in [0.05, 0.1) is 6.20 Å². The number of aromatic nitrogens is 3. The molecule has 0 fully saturated rings. The Labute approximate surface area is 168 Å². The zero-order valence-electron chi connectivity index (χ0n) is 16.4. The van der Waals surface area contributed by atoms with E-state index in [1.807, 2.05) is 22.7 Å². The number of nitroso groups, excluding NO2 is 1. The minimum atomic E-state index is -0.217. The van der Waals surface area contributed by atoms with E-state index in [1.54, 1.807) is 12.4 Å². The summed E-state index contributed by atoms with van der Waals surface area (Å²) in [4.78, 5) is 20.1. The molecule has 1 aliphatic carbocycles. The fourth-order valence-electron chi connectivity index (χ4n) is 4.31. The Morgan fingerprint density at radius 2 is 2.00 bits per heavy atom. The molecule has 6 heteroatoms. The molecule has 1 N–H and O–H groups in total. The van der Waals surface area contributed by atoms with Crippen molar-refractivity contribution >= 4 is 17.2 Å². The highest BCUT2D eigenvalue weighted by Crippen LogP contribution is 2.38. The largest absolute Gasteiger partial charge is 0.339 e. The van der Waals surface area contributed by atoms with Crippen LogP contribution >= 0.6 is 0 Å². The second kappa shape index (κ2) is 6.81. The molecule has 2 heterocycles. The standard InChI is InChI=1S/C23H21N5O/c1-14-4-3-5-15(2)21(14)22-23(28-11-10-24-13-20(28)26-22)25-17-7-8-18-16(12-17)6-9-19(18)27-29/h3-5,7-8,10-13,19,25H,6,9H2,1-2H3. The third-order valence-corrected chi connectivity index (χ3v) is 5.73. The number of nitrogens with one attached hydrogen (secondary N) is 1. The van der Waals surface area contributed by atoms with Crippen molar-refractivity contribution in [3.05, 3.63) is 82.1 Å². The van der Waals surface area contributed by atoms with Gasteiger partial charge in [-0.3, -0.25) is 9.38 Å². The van der Waals surface area contributed by atoms with Crippen molar-refractivity contribution < 1.29 is 0 Å². The van der Waals surface area contributed by atoms with E-state index >= 15 is 0 Å². The second-order valence-electron chi connectivity index (χ2n) is 7.58. The van der Waals surface area contributed by atoms with E-state index in [-0.39, 0.29) is 6.04 Å². The van der Waals surface area contributed by atoms with Crippen molar-refractivity contribution in [1.82, 2.24) is 14.4 Å². The molecule has 144 valence electrons. The quantitative estimate of drug-likeness (QED) is 0.472. The third-order valence-electron chi connectivity index (χ3n) is 5.73. The van der Waals surface area contributed by atoms with Crippen LogP contribution in [-0.2, 0) is 6.42 Å². The fourth-order valence-corrected chi connectivity index (χ4v) is 4.31. The van der Waals surface area contributed by atoms with Crippen molar-refractivity contribution in [2.45, 2.75) is 32.7 Å². The molecule has 1 unspecified atom stereocenters. The minimum Gasteiger partial charge on any atom is -0.339 e. The number of anilines is 2.